The number of esters is 1. The predicted molar refractivity (Wildman–Crippen MR) is 76.2 cm³/mol. The van der Waals surface area contributed by atoms with Gasteiger partial charge in [0, 0.05) is 5.70 Å². The normalized spacial score (nSPS) is 14.4. The molecule has 0 saturated heterocycles. The number of nitrogens with zero attached hydrogens (tertiary/aromatic N) is 1. The summed E-state index contributed by atoms with van der Waals surface area (Å²) in [7, 11) is 0. The predicted octanol–water partition coefficient (Wildman–Crippen LogP) is 3.23. The highest BCUT2D eigenvalue weighted by Crippen LogP contribution is 2.29. The molecule has 0 bridgehead atoms. The van der Waals surface area contributed by atoms with E-state index in [1.165, 1.54) is 11.3 Å². The summed E-state index contributed by atoms with van der Waals surface area (Å²) >= 11 is 6.47. The SMILES string of the molecule is CCOC(=O)c1sc(=S)n(C2=CC=CCC2)c1N. The summed E-state index contributed by atoms with van der Waals surface area (Å²) < 4.78 is 7.30. The lowest BCUT2D eigenvalue weighted by molar-refractivity contribution is 0.0533. The summed E-state index contributed by atoms with van der Waals surface area (Å²) in [6.07, 6.45) is 7.85. The van der Waals surface area contributed by atoms with Gasteiger partial charge in [0.1, 0.15) is 5.82 Å². The Morgan fingerprint density at radius 2 is 2.44 bits per heavy atom. The van der Waals surface area contributed by atoms with E-state index in [4.69, 9.17) is 22.7 Å². The number of aromatic nitrogens is 1. The molecule has 2 rings (SSSR count). The van der Waals surface area contributed by atoms with Crippen molar-refractivity contribution in [2.45, 2.75) is 19.8 Å². The minimum atomic E-state index is -0.406. The first kappa shape index (κ1) is 13.0. The number of thiazole rings is 1. The first-order valence-corrected chi connectivity index (χ1v) is 6.92. The second-order valence-corrected chi connectivity index (χ2v) is 5.41. The monoisotopic (exact) mass is 282 g/mol. The zero-order chi connectivity index (χ0) is 13.1. The van der Waals surface area contributed by atoms with E-state index >= 15 is 0 Å². The number of hydrogen-bond donors (Lipinski definition) is 1. The van der Waals surface area contributed by atoms with Crippen molar-refractivity contribution in [1.82, 2.24) is 4.57 Å². The molecule has 0 aromatic carbocycles. The first-order chi connectivity index (χ1) is 8.65. The molecule has 0 aliphatic heterocycles. The van der Waals surface area contributed by atoms with Crippen molar-refractivity contribution in [3.63, 3.8) is 0 Å². The van der Waals surface area contributed by atoms with E-state index in [2.05, 4.69) is 6.08 Å². The fourth-order valence-electron chi connectivity index (χ4n) is 1.78. The Hall–Kier alpha value is -1.40. The molecule has 1 heterocycles. The highest BCUT2D eigenvalue weighted by Gasteiger charge is 2.19. The van der Waals surface area contributed by atoms with Gasteiger partial charge in [-0.2, -0.15) is 0 Å². The van der Waals surface area contributed by atoms with E-state index in [0.717, 1.165) is 18.5 Å². The van der Waals surface area contributed by atoms with Gasteiger partial charge in [-0.15, -0.1) is 0 Å². The lowest BCUT2D eigenvalue weighted by Gasteiger charge is -2.12. The van der Waals surface area contributed by atoms with Crippen molar-refractivity contribution in [1.29, 1.82) is 0 Å². The first-order valence-electron chi connectivity index (χ1n) is 5.69. The Kier molecular flexibility index (Phi) is 3.98. The average Bonchev–Trinajstić information content (AvgIpc) is 2.66. The summed E-state index contributed by atoms with van der Waals surface area (Å²) in [5.41, 5.74) is 7.03. The van der Waals surface area contributed by atoms with E-state index in [1.807, 2.05) is 12.2 Å². The summed E-state index contributed by atoms with van der Waals surface area (Å²) in [6.45, 7) is 2.09. The maximum absolute atomic E-state index is 11.7. The van der Waals surface area contributed by atoms with E-state index in [0.29, 0.717) is 21.3 Å². The molecule has 1 aliphatic carbocycles. The van der Waals surface area contributed by atoms with Crippen molar-refractivity contribution in [3.8, 4) is 0 Å². The largest absolute Gasteiger partial charge is 0.462 e. The van der Waals surface area contributed by atoms with E-state index in [9.17, 15) is 4.79 Å². The Bertz CT molecular complexity index is 581. The molecule has 0 radical (unpaired) electrons. The molecule has 1 aromatic rings. The Balaban J connectivity index is 2.44. The number of carbonyl (C=O) groups excluding carboxylic acids is 1. The van der Waals surface area contributed by atoms with Crippen LogP contribution >= 0.6 is 23.6 Å². The smallest absolute Gasteiger partial charge is 0.352 e. The summed E-state index contributed by atoms with van der Waals surface area (Å²) in [5, 5.41) is 0. The lowest BCUT2D eigenvalue weighted by atomic mass is 10.1. The van der Waals surface area contributed by atoms with Crippen LogP contribution in [0.15, 0.2) is 18.2 Å². The van der Waals surface area contributed by atoms with Gasteiger partial charge in [-0.05, 0) is 38.1 Å². The van der Waals surface area contributed by atoms with Crippen LogP contribution < -0.4 is 5.73 Å². The molecule has 0 saturated carbocycles. The number of nitrogen functional groups attached to an aromatic ring is 1. The topological polar surface area (TPSA) is 57.2 Å². The van der Waals surface area contributed by atoms with E-state index in [-0.39, 0.29) is 0 Å². The highest BCUT2D eigenvalue weighted by molar-refractivity contribution is 7.73. The molecule has 6 heteroatoms. The standard InChI is InChI=1S/C12H14N2O2S2/c1-2-16-11(15)9-10(13)14(12(17)18-9)8-6-4-3-5-7-8/h3-4,6H,2,5,7,13H2,1H3. The third-order valence-electron chi connectivity index (χ3n) is 2.59. The molecular formula is C12H14N2O2S2. The lowest BCUT2D eigenvalue weighted by Crippen LogP contribution is -2.09. The number of anilines is 1. The zero-order valence-corrected chi connectivity index (χ0v) is 11.6. The minimum Gasteiger partial charge on any atom is -0.462 e. The molecular weight excluding hydrogens is 268 g/mol. The molecule has 18 heavy (non-hydrogen) atoms. The van der Waals surface area contributed by atoms with Gasteiger partial charge in [0.15, 0.2) is 8.83 Å². The molecule has 0 atom stereocenters. The van der Waals surface area contributed by atoms with Crippen LogP contribution in [0, 0.1) is 3.95 Å². The van der Waals surface area contributed by atoms with Gasteiger partial charge in [0.2, 0.25) is 0 Å². The van der Waals surface area contributed by atoms with Crippen LogP contribution in [-0.2, 0) is 4.74 Å². The van der Waals surface area contributed by atoms with Gasteiger partial charge >= 0.3 is 5.97 Å². The van der Waals surface area contributed by atoms with Gasteiger partial charge in [-0.25, -0.2) is 4.79 Å². The van der Waals surface area contributed by atoms with Gasteiger partial charge in [0.25, 0.3) is 0 Å². The van der Waals surface area contributed by atoms with Crippen LogP contribution in [0.2, 0.25) is 0 Å². The van der Waals surface area contributed by atoms with Gasteiger partial charge in [-0.1, -0.05) is 23.5 Å². The van der Waals surface area contributed by atoms with Crippen molar-refractivity contribution in [2.24, 2.45) is 0 Å². The Morgan fingerprint density at radius 3 is 3.06 bits per heavy atom. The number of carbonyl (C=O) groups is 1. The van der Waals surface area contributed by atoms with Crippen molar-refractivity contribution in [3.05, 3.63) is 27.1 Å². The maximum Gasteiger partial charge on any atom is 0.352 e. The Labute approximate surface area is 114 Å². The second-order valence-electron chi connectivity index (χ2n) is 3.76. The fraction of sp³-hybridized carbons (Fsp3) is 0.333. The third kappa shape index (κ3) is 2.39. The van der Waals surface area contributed by atoms with Gasteiger partial charge < -0.3 is 10.5 Å². The van der Waals surface area contributed by atoms with Crippen LogP contribution in [0.5, 0.6) is 0 Å². The molecule has 0 unspecified atom stereocenters. The maximum atomic E-state index is 11.7. The second kappa shape index (κ2) is 5.49. The average molecular weight is 282 g/mol. The molecule has 0 spiro atoms. The number of allylic oxidation sites excluding steroid dienone is 4. The number of ether oxygens (including phenoxy) is 1. The van der Waals surface area contributed by atoms with Crippen LogP contribution in [0.4, 0.5) is 5.82 Å². The number of nitrogens with two attached hydrogens (primary N) is 1. The van der Waals surface area contributed by atoms with Crippen LogP contribution in [0.1, 0.15) is 29.4 Å². The van der Waals surface area contributed by atoms with Gasteiger partial charge in [0.05, 0.1) is 6.61 Å². The summed E-state index contributed by atoms with van der Waals surface area (Å²) in [6, 6.07) is 0. The zero-order valence-electron chi connectivity index (χ0n) is 10.0. The molecule has 0 fully saturated rings. The molecule has 96 valence electrons. The van der Waals surface area contributed by atoms with Crippen molar-refractivity contribution in [2.75, 3.05) is 12.3 Å². The Morgan fingerprint density at radius 1 is 1.67 bits per heavy atom. The quantitative estimate of drug-likeness (QED) is 0.683. The number of rotatable bonds is 3. The number of hydrogen-bond acceptors (Lipinski definition) is 5. The summed E-state index contributed by atoms with van der Waals surface area (Å²) in [5.74, 6) is -0.0261. The molecule has 0 amide bonds. The molecule has 1 aliphatic rings. The third-order valence-corrected chi connectivity index (χ3v) is 3.96. The molecule has 1 aromatic heterocycles. The van der Waals surface area contributed by atoms with Crippen molar-refractivity contribution < 1.29 is 9.53 Å². The van der Waals surface area contributed by atoms with Crippen molar-refractivity contribution >= 4 is 41.0 Å². The van der Waals surface area contributed by atoms with Crippen LogP contribution in [0.3, 0.4) is 0 Å². The molecule has 4 nitrogen and oxygen atoms in total. The summed E-state index contributed by atoms with van der Waals surface area (Å²) in [4.78, 5) is 12.1. The van der Waals surface area contributed by atoms with Gasteiger partial charge in [-0.3, -0.25) is 4.57 Å². The van der Waals surface area contributed by atoms with E-state index < -0.39 is 5.97 Å². The molecule has 2 N–H and O–H groups in total. The minimum absolute atomic E-state index is 0.328. The van der Waals surface area contributed by atoms with E-state index in [1.54, 1.807) is 11.5 Å². The van der Waals surface area contributed by atoms with Crippen LogP contribution in [0.25, 0.3) is 5.70 Å². The highest BCUT2D eigenvalue weighted by atomic mass is 32.1. The van der Waals surface area contributed by atoms with Crippen LogP contribution in [-0.4, -0.2) is 17.1 Å². The fourth-order valence-corrected chi connectivity index (χ4v) is 3.06.